The van der Waals surface area contributed by atoms with E-state index >= 15 is 0 Å². The van der Waals surface area contributed by atoms with Crippen LogP contribution in [0, 0.1) is 11.7 Å². The molecule has 34 heavy (non-hydrogen) atoms. The number of nitrogens with zero attached hydrogens (tertiary/aromatic N) is 2. The molecule has 6 nitrogen and oxygen atoms in total. The zero-order valence-corrected chi connectivity index (χ0v) is 20.3. The van der Waals surface area contributed by atoms with Crippen LogP contribution < -0.4 is 10.6 Å². The summed E-state index contributed by atoms with van der Waals surface area (Å²) in [5, 5.41) is 5.29. The molecule has 0 radical (unpaired) electrons. The van der Waals surface area contributed by atoms with Gasteiger partial charge in [0.05, 0.1) is 0 Å². The highest BCUT2D eigenvalue weighted by molar-refractivity contribution is 7.11. The van der Waals surface area contributed by atoms with Crippen LogP contribution in [0.3, 0.4) is 0 Å². The van der Waals surface area contributed by atoms with Gasteiger partial charge in [-0.2, -0.15) is 0 Å². The number of hydrogen-bond donors (Lipinski definition) is 2. The summed E-state index contributed by atoms with van der Waals surface area (Å²) in [4.78, 5) is 32.8. The minimum Gasteiger partial charge on any atom is -0.323 e. The van der Waals surface area contributed by atoms with Crippen molar-refractivity contribution in [2.45, 2.75) is 57.2 Å². The van der Waals surface area contributed by atoms with Crippen LogP contribution in [0.15, 0.2) is 36.4 Å². The van der Waals surface area contributed by atoms with Crippen molar-refractivity contribution in [3.8, 4) is 0 Å². The minimum atomic E-state index is -1.09. The van der Waals surface area contributed by atoms with Crippen LogP contribution in [0.4, 0.5) is 9.18 Å². The number of urea groups is 1. The maximum absolute atomic E-state index is 14.4. The molecule has 1 aromatic heterocycles. The normalized spacial score (nSPS) is 24.9. The Morgan fingerprint density at radius 1 is 0.912 bits per heavy atom. The second-order valence-electron chi connectivity index (χ2n) is 9.90. The van der Waals surface area contributed by atoms with Crippen molar-refractivity contribution in [3.63, 3.8) is 0 Å². The van der Waals surface area contributed by atoms with E-state index in [1.807, 2.05) is 11.3 Å². The molecule has 8 heteroatoms. The van der Waals surface area contributed by atoms with E-state index in [-0.39, 0.29) is 24.1 Å². The highest BCUT2D eigenvalue weighted by Crippen LogP contribution is 2.35. The quantitative estimate of drug-likeness (QED) is 0.585. The molecule has 1 unspecified atom stereocenters. The summed E-state index contributed by atoms with van der Waals surface area (Å²) >= 11 is 1.90. The van der Waals surface area contributed by atoms with E-state index in [4.69, 9.17) is 0 Å². The van der Waals surface area contributed by atoms with Gasteiger partial charge in [-0.1, -0.05) is 24.6 Å². The minimum absolute atomic E-state index is 0.0344. The predicted octanol–water partition coefficient (Wildman–Crippen LogP) is 3.91. The van der Waals surface area contributed by atoms with Crippen LogP contribution >= 0.6 is 11.3 Å². The van der Waals surface area contributed by atoms with E-state index in [0.717, 1.165) is 39.0 Å². The summed E-state index contributed by atoms with van der Waals surface area (Å²) in [7, 11) is 0. The van der Waals surface area contributed by atoms with Crippen molar-refractivity contribution in [2.75, 3.05) is 26.2 Å². The number of carbonyl (C=O) groups is 2. The molecule has 1 aromatic carbocycles. The maximum Gasteiger partial charge on any atom is 0.322 e. The summed E-state index contributed by atoms with van der Waals surface area (Å²) in [5.74, 6) is -0.709. The number of benzene rings is 1. The standard InChI is InChI=1S/C26H33FN4O2S/c27-23-7-3-2-6-19(23)16-26(24(32)28-25(33)29-26)20-10-14-31(15-11-20)18-22-9-8-21(34-22)17-30-12-4-1-5-13-30/h2-3,6-9,20H,1,4-5,10-18H2,(H2,28,29,32,33). The van der Waals surface area contributed by atoms with Crippen molar-refractivity contribution >= 4 is 23.3 Å². The second kappa shape index (κ2) is 10.1. The number of nitrogens with one attached hydrogen (secondary N) is 2. The zero-order chi connectivity index (χ0) is 23.5. The Balaban J connectivity index is 1.21. The molecule has 3 aliphatic heterocycles. The van der Waals surface area contributed by atoms with Crippen molar-refractivity contribution in [2.24, 2.45) is 5.92 Å². The number of carbonyl (C=O) groups excluding carboxylic acids is 2. The van der Waals surface area contributed by atoms with Crippen molar-refractivity contribution in [3.05, 3.63) is 57.5 Å². The van der Waals surface area contributed by atoms with Crippen LogP contribution in [0.25, 0.3) is 0 Å². The Kier molecular flexibility index (Phi) is 6.99. The Morgan fingerprint density at radius 3 is 2.18 bits per heavy atom. The lowest BCUT2D eigenvalue weighted by molar-refractivity contribution is -0.126. The largest absolute Gasteiger partial charge is 0.323 e. The average Bonchev–Trinajstić information content (AvgIpc) is 3.39. The van der Waals surface area contributed by atoms with Gasteiger partial charge in [-0.15, -0.1) is 11.3 Å². The van der Waals surface area contributed by atoms with Gasteiger partial charge in [0.2, 0.25) is 0 Å². The number of imide groups is 1. The lowest BCUT2D eigenvalue weighted by Gasteiger charge is -2.40. The van der Waals surface area contributed by atoms with Gasteiger partial charge in [-0.25, -0.2) is 9.18 Å². The van der Waals surface area contributed by atoms with E-state index < -0.39 is 11.6 Å². The lowest BCUT2D eigenvalue weighted by atomic mass is 9.74. The number of halogens is 1. The summed E-state index contributed by atoms with van der Waals surface area (Å²) < 4.78 is 14.4. The van der Waals surface area contributed by atoms with E-state index in [1.165, 1.54) is 48.2 Å². The first kappa shape index (κ1) is 23.5. The number of likely N-dealkylation sites (tertiary alicyclic amines) is 2. The van der Waals surface area contributed by atoms with Crippen LogP contribution in [-0.4, -0.2) is 53.5 Å². The molecule has 0 saturated carbocycles. The van der Waals surface area contributed by atoms with Gasteiger partial charge < -0.3 is 5.32 Å². The van der Waals surface area contributed by atoms with E-state index in [0.29, 0.717) is 5.56 Å². The van der Waals surface area contributed by atoms with Gasteiger partial charge in [0.1, 0.15) is 11.4 Å². The van der Waals surface area contributed by atoms with Crippen LogP contribution in [-0.2, 0) is 24.3 Å². The molecule has 3 amide bonds. The summed E-state index contributed by atoms with van der Waals surface area (Å²) in [6.45, 7) is 6.09. The fourth-order valence-electron chi connectivity index (χ4n) is 5.74. The van der Waals surface area contributed by atoms with E-state index in [2.05, 4.69) is 32.6 Å². The topological polar surface area (TPSA) is 64.7 Å². The van der Waals surface area contributed by atoms with Crippen molar-refractivity contribution in [1.29, 1.82) is 0 Å². The molecule has 3 saturated heterocycles. The molecule has 2 aromatic rings. The average molecular weight is 485 g/mol. The third-order valence-electron chi connectivity index (χ3n) is 7.61. The molecule has 3 fully saturated rings. The van der Waals surface area contributed by atoms with Gasteiger partial charge in [-0.3, -0.25) is 19.9 Å². The molecule has 5 rings (SSSR count). The smallest absolute Gasteiger partial charge is 0.322 e. The first-order valence-electron chi connectivity index (χ1n) is 12.4. The molecular formula is C26H33FN4O2S. The lowest BCUT2D eigenvalue weighted by Crippen LogP contribution is -2.57. The van der Waals surface area contributed by atoms with Gasteiger partial charge in [0.15, 0.2) is 0 Å². The summed E-state index contributed by atoms with van der Waals surface area (Å²) in [6.07, 6.45) is 5.72. The fourth-order valence-corrected chi connectivity index (χ4v) is 6.84. The van der Waals surface area contributed by atoms with Gasteiger partial charge in [-0.05, 0) is 81.5 Å². The van der Waals surface area contributed by atoms with E-state index in [9.17, 15) is 14.0 Å². The van der Waals surface area contributed by atoms with Gasteiger partial charge in [0, 0.05) is 29.3 Å². The number of rotatable bonds is 7. The SMILES string of the molecule is O=C1NC(=O)C(Cc2ccccc2F)(C2CCN(Cc3ccc(CN4CCCCC4)s3)CC2)N1. The van der Waals surface area contributed by atoms with Crippen LogP contribution in [0.1, 0.15) is 47.4 Å². The third kappa shape index (κ3) is 5.04. The van der Waals surface area contributed by atoms with E-state index in [1.54, 1.807) is 18.2 Å². The predicted molar refractivity (Wildman–Crippen MR) is 131 cm³/mol. The van der Waals surface area contributed by atoms with Crippen LogP contribution in [0.2, 0.25) is 0 Å². The van der Waals surface area contributed by atoms with Gasteiger partial charge in [0.25, 0.3) is 5.91 Å². The number of hydrogen-bond acceptors (Lipinski definition) is 5. The Labute approximate surface area is 204 Å². The maximum atomic E-state index is 14.4. The van der Waals surface area contributed by atoms with Gasteiger partial charge >= 0.3 is 6.03 Å². The van der Waals surface area contributed by atoms with Crippen LogP contribution in [0.5, 0.6) is 0 Å². The number of amides is 3. The number of piperidine rings is 2. The van der Waals surface area contributed by atoms with Crippen molar-refractivity contribution in [1.82, 2.24) is 20.4 Å². The first-order chi connectivity index (χ1) is 16.5. The molecule has 0 aliphatic carbocycles. The monoisotopic (exact) mass is 484 g/mol. The Bertz CT molecular complexity index is 1030. The molecule has 2 N–H and O–H groups in total. The highest BCUT2D eigenvalue weighted by Gasteiger charge is 2.52. The molecule has 3 aliphatic rings. The first-order valence-corrected chi connectivity index (χ1v) is 13.2. The molecule has 1 atom stereocenters. The second-order valence-corrected chi connectivity index (χ2v) is 11.2. The van der Waals surface area contributed by atoms with Crippen molar-refractivity contribution < 1.29 is 14.0 Å². The molecular weight excluding hydrogens is 451 g/mol. The highest BCUT2D eigenvalue weighted by atomic mass is 32.1. The molecule has 0 spiro atoms. The third-order valence-corrected chi connectivity index (χ3v) is 8.66. The zero-order valence-electron chi connectivity index (χ0n) is 19.5. The number of thiophene rings is 1. The molecule has 4 heterocycles. The summed E-state index contributed by atoms with van der Waals surface area (Å²) in [5.41, 5.74) is -0.627. The molecule has 0 bridgehead atoms. The molecule has 182 valence electrons. The Morgan fingerprint density at radius 2 is 1.56 bits per heavy atom. The Hall–Kier alpha value is -2.29. The fraction of sp³-hybridized carbons (Fsp3) is 0.538. The summed E-state index contributed by atoms with van der Waals surface area (Å²) in [6, 6.07) is 10.5.